The molecule has 1 saturated heterocycles. The Hall–Kier alpha value is -3.69. The molecule has 4 N–H and O–H groups in total. The number of carbonyl (C=O) groups excluding carboxylic acids is 3. The van der Waals surface area contributed by atoms with Crippen molar-refractivity contribution in [1.82, 2.24) is 9.97 Å². The van der Waals surface area contributed by atoms with Gasteiger partial charge in [0.2, 0.25) is 23.7 Å². The minimum Gasteiger partial charge on any atom is -0.339 e. The maximum Gasteiger partial charge on any atom is 0.258 e. The van der Waals surface area contributed by atoms with Gasteiger partial charge in [-0.3, -0.25) is 24.2 Å². The van der Waals surface area contributed by atoms with Crippen molar-refractivity contribution in [3.8, 4) is 0 Å². The SMILES string of the molecule is CCC1CCCCN1c1nc2c(c(=O)[nH]1)C(C(=O)Nc1ccc(NC(C)=O)cc1)CC(=O)N2. The molecule has 10 heteroatoms. The van der Waals surface area contributed by atoms with Gasteiger partial charge in [0.05, 0.1) is 11.5 Å². The molecule has 2 aliphatic rings. The van der Waals surface area contributed by atoms with Crippen LogP contribution in [0.2, 0.25) is 0 Å². The van der Waals surface area contributed by atoms with Gasteiger partial charge in [0, 0.05) is 37.3 Å². The number of nitrogens with zero attached hydrogens (tertiary/aromatic N) is 2. The van der Waals surface area contributed by atoms with Gasteiger partial charge in [-0.2, -0.15) is 4.98 Å². The van der Waals surface area contributed by atoms with Crippen molar-refractivity contribution in [1.29, 1.82) is 0 Å². The van der Waals surface area contributed by atoms with Crippen molar-refractivity contribution in [2.45, 2.75) is 57.9 Å². The van der Waals surface area contributed by atoms with Crippen molar-refractivity contribution < 1.29 is 14.4 Å². The molecule has 10 nitrogen and oxygen atoms in total. The monoisotopic (exact) mass is 452 g/mol. The molecule has 4 rings (SSSR count). The number of rotatable bonds is 5. The molecule has 2 aliphatic heterocycles. The third-order valence-electron chi connectivity index (χ3n) is 6.10. The lowest BCUT2D eigenvalue weighted by Gasteiger charge is -2.36. The Labute approximate surface area is 191 Å². The van der Waals surface area contributed by atoms with E-state index in [1.807, 2.05) is 0 Å². The number of aromatic nitrogens is 2. The molecule has 0 aliphatic carbocycles. The van der Waals surface area contributed by atoms with E-state index < -0.39 is 17.4 Å². The predicted octanol–water partition coefficient (Wildman–Crippen LogP) is 2.56. The van der Waals surface area contributed by atoms with Gasteiger partial charge in [-0.05, 0) is 49.9 Å². The number of amides is 3. The van der Waals surface area contributed by atoms with Gasteiger partial charge in [0.25, 0.3) is 5.56 Å². The van der Waals surface area contributed by atoms with Crippen LogP contribution < -0.4 is 26.4 Å². The van der Waals surface area contributed by atoms with Gasteiger partial charge >= 0.3 is 0 Å². The predicted molar refractivity (Wildman–Crippen MR) is 125 cm³/mol. The third-order valence-corrected chi connectivity index (χ3v) is 6.10. The summed E-state index contributed by atoms with van der Waals surface area (Å²) in [4.78, 5) is 59.1. The Balaban J connectivity index is 1.59. The van der Waals surface area contributed by atoms with Crippen LogP contribution in [0.25, 0.3) is 0 Å². The summed E-state index contributed by atoms with van der Waals surface area (Å²) < 4.78 is 0. The van der Waals surface area contributed by atoms with Gasteiger partial charge < -0.3 is 20.9 Å². The molecule has 1 aromatic heterocycles. The Morgan fingerprint density at radius 3 is 2.48 bits per heavy atom. The number of benzene rings is 1. The van der Waals surface area contributed by atoms with E-state index in [-0.39, 0.29) is 35.7 Å². The Morgan fingerprint density at radius 2 is 1.82 bits per heavy atom. The lowest BCUT2D eigenvalue weighted by molar-refractivity contribution is -0.123. The van der Waals surface area contributed by atoms with Crippen LogP contribution in [0.1, 0.15) is 57.4 Å². The first-order chi connectivity index (χ1) is 15.9. The molecule has 1 aromatic carbocycles. The van der Waals surface area contributed by atoms with E-state index in [1.54, 1.807) is 24.3 Å². The lowest BCUT2D eigenvalue weighted by atomic mass is 9.92. The molecule has 1 fully saturated rings. The van der Waals surface area contributed by atoms with Crippen LogP contribution in [0.5, 0.6) is 0 Å². The van der Waals surface area contributed by atoms with Crippen molar-refractivity contribution in [3.05, 3.63) is 40.2 Å². The van der Waals surface area contributed by atoms with E-state index in [2.05, 4.69) is 37.7 Å². The van der Waals surface area contributed by atoms with Crippen molar-refractivity contribution >= 4 is 40.9 Å². The number of piperidine rings is 1. The fourth-order valence-electron chi connectivity index (χ4n) is 4.49. The molecule has 0 saturated carbocycles. The number of aromatic amines is 1. The summed E-state index contributed by atoms with van der Waals surface area (Å²) in [6, 6.07) is 6.86. The zero-order chi connectivity index (χ0) is 23.5. The van der Waals surface area contributed by atoms with Crippen LogP contribution in [0.4, 0.5) is 23.1 Å². The highest BCUT2D eigenvalue weighted by atomic mass is 16.2. The van der Waals surface area contributed by atoms with Crippen LogP contribution in [0, 0.1) is 0 Å². The Bertz CT molecular complexity index is 1130. The van der Waals surface area contributed by atoms with E-state index in [4.69, 9.17) is 0 Å². The Kier molecular flexibility index (Phi) is 6.43. The molecule has 2 aromatic rings. The summed E-state index contributed by atoms with van der Waals surface area (Å²) in [7, 11) is 0. The van der Waals surface area contributed by atoms with Crippen LogP contribution >= 0.6 is 0 Å². The van der Waals surface area contributed by atoms with E-state index in [0.29, 0.717) is 17.3 Å². The summed E-state index contributed by atoms with van der Waals surface area (Å²) in [6.45, 7) is 4.29. The van der Waals surface area contributed by atoms with E-state index in [1.165, 1.54) is 6.92 Å². The molecule has 0 bridgehead atoms. The molecule has 174 valence electrons. The van der Waals surface area contributed by atoms with Crippen LogP contribution in [-0.4, -0.2) is 40.3 Å². The summed E-state index contributed by atoms with van der Waals surface area (Å²) >= 11 is 0. The largest absolute Gasteiger partial charge is 0.339 e. The highest BCUT2D eigenvalue weighted by Crippen LogP contribution is 2.32. The number of nitrogens with one attached hydrogen (secondary N) is 4. The van der Waals surface area contributed by atoms with E-state index in [9.17, 15) is 19.2 Å². The molecule has 0 spiro atoms. The van der Waals surface area contributed by atoms with Gasteiger partial charge in [-0.25, -0.2) is 0 Å². The highest BCUT2D eigenvalue weighted by molar-refractivity contribution is 6.04. The minimum absolute atomic E-state index is 0.145. The number of carbonyl (C=O) groups is 3. The first-order valence-corrected chi connectivity index (χ1v) is 11.2. The first-order valence-electron chi connectivity index (χ1n) is 11.2. The molecule has 33 heavy (non-hydrogen) atoms. The molecule has 0 radical (unpaired) electrons. The highest BCUT2D eigenvalue weighted by Gasteiger charge is 2.35. The second-order valence-electron chi connectivity index (χ2n) is 8.46. The zero-order valence-electron chi connectivity index (χ0n) is 18.7. The molecule has 3 heterocycles. The van der Waals surface area contributed by atoms with Crippen LogP contribution in [0.3, 0.4) is 0 Å². The van der Waals surface area contributed by atoms with Crippen molar-refractivity contribution in [2.24, 2.45) is 0 Å². The summed E-state index contributed by atoms with van der Waals surface area (Å²) in [5.74, 6) is -1.41. The zero-order valence-corrected chi connectivity index (χ0v) is 18.7. The average molecular weight is 453 g/mol. The van der Waals surface area contributed by atoms with Crippen molar-refractivity contribution in [3.63, 3.8) is 0 Å². The van der Waals surface area contributed by atoms with Crippen LogP contribution in [0.15, 0.2) is 29.1 Å². The molecular weight excluding hydrogens is 424 g/mol. The Morgan fingerprint density at radius 1 is 1.12 bits per heavy atom. The summed E-state index contributed by atoms with van der Waals surface area (Å²) in [5.41, 5.74) is 0.827. The topological polar surface area (TPSA) is 136 Å². The molecule has 2 atom stereocenters. The lowest BCUT2D eigenvalue weighted by Crippen LogP contribution is -2.43. The van der Waals surface area contributed by atoms with Gasteiger partial charge in [0.1, 0.15) is 5.82 Å². The number of hydrogen-bond donors (Lipinski definition) is 4. The van der Waals surface area contributed by atoms with E-state index >= 15 is 0 Å². The standard InChI is InChI=1S/C23H28N6O4/c1-3-16-6-4-5-11-29(16)23-27-20-19(22(33)28-23)17(12-18(31)26-20)21(32)25-15-9-7-14(8-10-15)24-13(2)30/h7-10,16-17H,3-6,11-12H2,1-2H3,(H,24,30)(H,25,32)(H2,26,27,28,31,33). The van der Waals surface area contributed by atoms with E-state index in [0.717, 1.165) is 32.2 Å². The average Bonchev–Trinajstić information content (AvgIpc) is 2.79. The number of hydrogen-bond acceptors (Lipinski definition) is 6. The summed E-state index contributed by atoms with van der Waals surface area (Å²) in [6.07, 6.45) is 3.95. The molecule has 2 unspecified atom stereocenters. The van der Waals surface area contributed by atoms with Gasteiger partial charge in [-0.1, -0.05) is 6.92 Å². The summed E-state index contributed by atoms with van der Waals surface area (Å²) in [5, 5.41) is 8.08. The molecular formula is C23H28N6O4. The number of anilines is 4. The minimum atomic E-state index is -0.961. The first kappa shape index (κ1) is 22.5. The fraction of sp³-hybridized carbons (Fsp3) is 0.435. The van der Waals surface area contributed by atoms with Crippen LogP contribution in [-0.2, 0) is 14.4 Å². The number of H-pyrrole nitrogens is 1. The van der Waals surface area contributed by atoms with Gasteiger partial charge in [-0.15, -0.1) is 0 Å². The normalized spacial score (nSPS) is 19.9. The third kappa shape index (κ3) is 4.89. The second kappa shape index (κ2) is 9.43. The number of fused-ring (bicyclic) bond motifs is 1. The molecule has 3 amide bonds. The maximum absolute atomic E-state index is 13.0. The van der Waals surface area contributed by atoms with Crippen molar-refractivity contribution in [2.75, 3.05) is 27.4 Å². The maximum atomic E-state index is 13.0. The second-order valence-corrected chi connectivity index (χ2v) is 8.46. The van der Waals surface area contributed by atoms with Gasteiger partial charge in [0.15, 0.2) is 0 Å². The fourth-order valence-corrected chi connectivity index (χ4v) is 4.49. The smallest absolute Gasteiger partial charge is 0.258 e. The quantitative estimate of drug-likeness (QED) is 0.550.